The van der Waals surface area contributed by atoms with Crippen molar-refractivity contribution in [3.05, 3.63) is 23.8 Å². The number of carbonyl (C=O) groups excluding carboxylic acids is 1. The van der Waals surface area contributed by atoms with E-state index < -0.39 is 0 Å². The zero-order valence-electron chi connectivity index (χ0n) is 12.4. The van der Waals surface area contributed by atoms with Crippen molar-refractivity contribution < 1.29 is 19.0 Å². The van der Waals surface area contributed by atoms with Crippen LogP contribution in [0.1, 0.15) is 25.5 Å². The number of methoxy groups -OCH3 is 2. The molecule has 0 radical (unpaired) electrons. The second kappa shape index (κ2) is 6.13. The molecule has 20 heavy (non-hydrogen) atoms. The van der Waals surface area contributed by atoms with Crippen molar-refractivity contribution in [1.29, 1.82) is 0 Å². The third-order valence-electron chi connectivity index (χ3n) is 3.50. The van der Waals surface area contributed by atoms with E-state index in [0.717, 1.165) is 17.1 Å². The molecule has 0 bridgehead atoms. The van der Waals surface area contributed by atoms with Crippen LogP contribution in [0, 0.1) is 0 Å². The molecule has 0 aromatic heterocycles. The van der Waals surface area contributed by atoms with Crippen LogP contribution in [0.25, 0.3) is 0 Å². The van der Waals surface area contributed by atoms with Crippen LogP contribution in [-0.2, 0) is 9.53 Å². The van der Waals surface area contributed by atoms with Gasteiger partial charge in [-0.05, 0) is 32.0 Å². The van der Waals surface area contributed by atoms with Crippen LogP contribution in [-0.4, -0.2) is 44.2 Å². The summed E-state index contributed by atoms with van der Waals surface area (Å²) in [7, 11) is 3.25. The van der Waals surface area contributed by atoms with Crippen molar-refractivity contribution in [1.82, 2.24) is 4.90 Å². The lowest BCUT2D eigenvalue weighted by Crippen LogP contribution is -2.46. The number of carbonyl (C=O) groups is 1. The Morgan fingerprint density at radius 1 is 1.30 bits per heavy atom. The molecule has 1 aliphatic rings. The highest BCUT2D eigenvalue weighted by molar-refractivity contribution is 5.78. The standard InChI is InChI=1S/C15H21NO4/c1-10(2)16-8-14(20-9-15(16)17)12-7-11(18-3)5-6-13(12)19-4/h5-7,10,14H,8-9H2,1-4H3/t14-/m1/s1. The minimum Gasteiger partial charge on any atom is -0.497 e. The molecule has 0 N–H and O–H groups in total. The number of morpholine rings is 1. The number of hydrogen-bond donors (Lipinski definition) is 0. The maximum Gasteiger partial charge on any atom is 0.248 e. The second-order valence-corrected chi connectivity index (χ2v) is 5.05. The van der Waals surface area contributed by atoms with E-state index in [4.69, 9.17) is 14.2 Å². The molecule has 2 rings (SSSR count). The summed E-state index contributed by atoms with van der Waals surface area (Å²) in [6, 6.07) is 5.76. The van der Waals surface area contributed by atoms with Crippen LogP contribution >= 0.6 is 0 Å². The molecule has 1 aliphatic heterocycles. The molecule has 0 saturated carbocycles. The first-order chi connectivity index (χ1) is 9.56. The predicted octanol–water partition coefficient (Wildman–Crippen LogP) is 2.01. The Bertz CT molecular complexity index is 487. The highest BCUT2D eigenvalue weighted by Crippen LogP contribution is 2.33. The van der Waals surface area contributed by atoms with Crippen molar-refractivity contribution >= 4 is 5.91 Å². The lowest BCUT2D eigenvalue weighted by Gasteiger charge is -2.36. The Labute approximate surface area is 119 Å². The fraction of sp³-hybridized carbons (Fsp3) is 0.533. The Balaban J connectivity index is 2.28. The zero-order chi connectivity index (χ0) is 14.7. The van der Waals surface area contributed by atoms with E-state index in [9.17, 15) is 4.79 Å². The van der Waals surface area contributed by atoms with Crippen LogP contribution in [0.15, 0.2) is 18.2 Å². The molecule has 0 unspecified atom stereocenters. The summed E-state index contributed by atoms with van der Waals surface area (Å²) >= 11 is 0. The maximum atomic E-state index is 11.8. The van der Waals surface area contributed by atoms with Gasteiger partial charge in [-0.1, -0.05) is 0 Å². The number of benzene rings is 1. The second-order valence-electron chi connectivity index (χ2n) is 5.05. The molecule has 0 aliphatic carbocycles. The predicted molar refractivity (Wildman–Crippen MR) is 75.1 cm³/mol. The normalized spacial score (nSPS) is 19.4. The Hall–Kier alpha value is -1.75. The van der Waals surface area contributed by atoms with Crippen molar-refractivity contribution in [3.8, 4) is 11.5 Å². The SMILES string of the molecule is COc1ccc(OC)c([C@H]2CN(C(C)C)C(=O)CO2)c1. The maximum absolute atomic E-state index is 11.8. The topological polar surface area (TPSA) is 48.0 Å². The average molecular weight is 279 g/mol. The van der Waals surface area contributed by atoms with Gasteiger partial charge in [0.05, 0.1) is 20.8 Å². The Morgan fingerprint density at radius 3 is 2.65 bits per heavy atom. The molecule has 1 fully saturated rings. The van der Waals surface area contributed by atoms with E-state index in [1.807, 2.05) is 36.9 Å². The zero-order valence-corrected chi connectivity index (χ0v) is 12.4. The molecule has 1 aromatic carbocycles. The van der Waals surface area contributed by atoms with Gasteiger partial charge in [0.25, 0.3) is 0 Å². The molecule has 5 nitrogen and oxygen atoms in total. The smallest absolute Gasteiger partial charge is 0.248 e. The molecule has 110 valence electrons. The van der Waals surface area contributed by atoms with E-state index in [2.05, 4.69) is 0 Å². The molecule has 1 aromatic rings. The molecule has 1 saturated heterocycles. The molecule has 1 amide bonds. The fourth-order valence-corrected chi connectivity index (χ4v) is 2.37. The van der Waals surface area contributed by atoms with Crippen LogP contribution in [0.4, 0.5) is 0 Å². The minimum absolute atomic E-state index is 0.0260. The summed E-state index contributed by atoms with van der Waals surface area (Å²) in [5.41, 5.74) is 0.907. The minimum atomic E-state index is -0.194. The molecular formula is C15H21NO4. The summed E-state index contributed by atoms with van der Waals surface area (Å²) in [6.07, 6.45) is -0.194. The van der Waals surface area contributed by atoms with Gasteiger partial charge in [0.1, 0.15) is 24.2 Å². The lowest BCUT2D eigenvalue weighted by atomic mass is 10.0. The Kier molecular flexibility index (Phi) is 4.49. The van der Waals surface area contributed by atoms with Gasteiger partial charge in [-0.15, -0.1) is 0 Å². The van der Waals surface area contributed by atoms with Gasteiger partial charge in [-0.25, -0.2) is 0 Å². The van der Waals surface area contributed by atoms with Crippen molar-refractivity contribution in [2.45, 2.75) is 26.0 Å². The quantitative estimate of drug-likeness (QED) is 0.846. The van der Waals surface area contributed by atoms with Crippen molar-refractivity contribution in [3.63, 3.8) is 0 Å². The van der Waals surface area contributed by atoms with E-state index in [-0.39, 0.29) is 24.7 Å². The highest BCUT2D eigenvalue weighted by atomic mass is 16.5. The molecule has 5 heteroatoms. The van der Waals surface area contributed by atoms with E-state index in [0.29, 0.717) is 6.54 Å². The largest absolute Gasteiger partial charge is 0.497 e. The number of ether oxygens (including phenoxy) is 3. The van der Waals surface area contributed by atoms with Gasteiger partial charge < -0.3 is 19.1 Å². The van der Waals surface area contributed by atoms with Crippen molar-refractivity contribution in [2.24, 2.45) is 0 Å². The van der Waals surface area contributed by atoms with E-state index >= 15 is 0 Å². The summed E-state index contributed by atoms with van der Waals surface area (Å²) in [6.45, 7) is 4.63. The van der Waals surface area contributed by atoms with Gasteiger partial charge in [0.15, 0.2) is 0 Å². The Morgan fingerprint density at radius 2 is 2.05 bits per heavy atom. The first-order valence-corrected chi connectivity index (χ1v) is 6.69. The summed E-state index contributed by atoms with van der Waals surface area (Å²) < 4.78 is 16.3. The van der Waals surface area contributed by atoms with Crippen LogP contribution in [0.3, 0.4) is 0 Å². The monoisotopic (exact) mass is 279 g/mol. The van der Waals surface area contributed by atoms with Gasteiger partial charge >= 0.3 is 0 Å². The van der Waals surface area contributed by atoms with Gasteiger partial charge in [-0.3, -0.25) is 4.79 Å². The molecule has 1 heterocycles. The molecule has 1 atom stereocenters. The molecular weight excluding hydrogens is 258 g/mol. The number of rotatable bonds is 4. The van der Waals surface area contributed by atoms with Crippen LogP contribution < -0.4 is 9.47 Å². The van der Waals surface area contributed by atoms with E-state index in [1.54, 1.807) is 14.2 Å². The number of nitrogens with zero attached hydrogens (tertiary/aromatic N) is 1. The van der Waals surface area contributed by atoms with Gasteiger partial charge in [0.2, 0.25) is 5.91 Å². The lowest BCUT2D eigenvalue weighted by molar-refractivity contribution is -0.151. The highest BCUT2D eigenvalue weighted by Gasteiger charge is 2.30. The van der Waals surface area contributed by atoms with Gasteiger partial charge in [-0.2, -0.15) is 0 Å². The first-order valence-electron chi connectivity index (χ1n) is 6.69. The van der Waals surface area contributed by atoms with E-state index in [1.165, 1.54) is 0 Å². The number of hydrogen-bond acceptors (Lipinski definition) is 4. The van der Waals surface area contributed by atoms with Gasteiger partial charge in [0, 0.05) is 11.6 Å². The van der Waals surface area contributed by atoms with Crippen LogP contribution in [0.2, 0.25) is 0 Å². The summed E-state index contributed by atoms with van der Waals surface area (Å²) in [5.74, 6) is 1.52. The molecule has 0 spiro atoms. The third kappa shape index (κ3) is 2.88. The third-order valence-corrected chi connectivity index (χ3v) is 3.50. The van der Waals surface area contributed by atoms with Crippen molar-refractivity contribution in [2.75, 3.05) is 27.4 Å². The first kappa shape index (κ1) is 14.7. The number of amides is 1. The summed E-state index contributed by atoms with van der Waals surface area (Å²) in [4.78, 5) is 13.7. The average Bonchev–Trinajstić information content (AvgIpc) is 2.46. The fourth-order valence-electron chi connectivity index (χ4n) is 2.37. The van der Waals surface area contributed by atoms with Crippen LogP contribution in [0.5, 0.6) is 11.5 Å². The summed E-state index contributed by atoms with van der Waals surface area (Å²) in [5, 5.41) is 0.